The molecule has 2 bridgehead atoms. The molecule has 3 atom stereocenters. The molecule has 258 valence electrons. The van der Waals surface area contributed by atoms with Crippen molar-refractivity contribution in [3.63, 3.8) is 0 Å². The third-order valence-corrected chi connectivity index (χ3v) is 11.7. The standard InChI is InChI=1S/C38H37F3N6O3/c1-3-26-28(40)8-5-22-13-25(48)14-27(29(22)26)32-31(41)33-30(35(42-32)49-2)34(46-18-24-9-11-38(19-46,45-24)23-6-7-23)44-36(43-33)50-20-37-10-4-12-47(37)17-21(15-37)16-39/h1,5,8,13-14,16,23-24,45,48H,4,6-7,9-12,15,17-20H2,2H3/b21-16-/t24?,37-,38?/m0/s1. The summed E-state index contributed by atoms with van der Waals surface area (Å²) in [6.45, 7) is 2.93. The van der Waals surface area contributed by atoms with E-state index in [1.807, 2.05) is 0 Å². The highest BCUT2D eigenvalue weighted by molar-refractivity contribution is 6.04. The molecule has 0 amide bonds. The zero-order chi connectivity index (χ0) is 34.4. The van der Waals surface area contributed by atoms with Crippen molar-refractivity contribution in [1.82, 2.24) is 25.2 Å². The van der Waals surface area contributed by atoms with Gasteiger partial charge < -0.3 is 24.8 Å². The normalized spacial score (nSPS) is 27.0. The maximum atomic E-state index is 17.2. The molecule has 5 aliphatic rings. The van der Waals surface area contributed by atoms with Gasteiger partial charge >= 0.3 is 6.01 Å². The van der Waals surface area contributed by atoms with Crippen LogP contribution in [0.5, 0.6) is 17.6 Å². The molecule has 4 aromatic rings. The average Bonchev–Trinajstić information content (AvgIpc) is 3.74. The van der Waals surface area contributed by atoms with Gasteiger partial charge in [-0.2, -0.15) is 9.97 Å². The number of hydrogen-bond acceptors (Lipinski definition) is 9. The summed E-state index contributed by atoms with van der Waals surface area (Å²) in [5.41, 5.74) is 0.00226. The predicted molar refractivity (Wildman–Crippen MR) is 183 cm³/mol. The zero-order valence-corrected chi connectivity index (χ0v) is 27.7. The van der Waals surface area contributed by atoms with E-state index in [0.29, 0.717) is 54.9 Å². The first kappa shape index (κ1) is 31.4. The number of nitrogens with zero attached hydrogens (tertiary/aromatic N) is 5. The Morgan fingerprint density at radius 2 is 2.00 bits per heavy atom. The van der Waals surface area contributed by atoms with E-state index in [0.717, 1.165) is 37.8 Å². The zero-order valence-electron chi connectivity index (χ0n) is 27.7. The number of rotatable bonds is 7. The summed E-state index contributed by atoms with van der Waals surface area (Å²) < 4.78 is 58.2. The van der Waals surface area contributed by atoms with E-state index in [2.05, 4.69) is 31.0 Å². The Kier molecular flexibility index (Phi) is 7.20. The summed E-state index contributed by atoms with van der Waals surface area (Å²) in [6.07, 6.45) is 13.2. The van der Waals surface area contributed by atoms with Gasteiger partial charge in [0, 0.05) is 42.2 Å². The van der Waals surface area contributed by atoms with Crippen LogP contribution in [0, 0.1) is 29.9 Å². The number of nitrogens with one attached hydrogen (secondary N) is 1. The fourth-order valence-electron chi connectivity index (χ4n) is 9.29. The summed E-state index contributed by atoms with van der Waals surface area (Å²) in [7, 11) is 1.45. The van der Waals surface area contributed by atoms with E-state index in [9.17, 15) is 9.50 Å². The molecular weight excluding hydrogens is 645 g/mol. The second-order valence-electron chi connectivity index (χ2n) is 14.7. The lowest BCUT2D eigenvalue weighted by Gasteiger charge is -2.42. The highest BCUT2D eigenvalue weighted by atomic mass is 19.1. The van der Waals surface area contributed by atoms with Crippen LogP contribution in [-0.4, -0.2) is 82.0 Å². The number of benzene rings is 2. The molecule has 5 fully saturated rings. The van der Waals surface area contributed by atoms with Crippen LogP contribution in [0.2, 0.25) is 0 Å². The average molecular weight is 683 g/mol. The lowest BCUT2D eigenvalue weighted by atomic mass is 9.90. The summed E-state index contributed by atoms with van der Waals surface area (Å²) >= 11 is 0. The van der Waals surface area contributed by atoms with Gasteiger partial charge in [0.1, 0.15) is 40.6 Å². The fourth-order valence-corrected chi connectivity index (χ4v) is 9.29. The third kappa shape index (κ3) is 4.81. The molecule has 12 heteroatoms. The van der Waals surface area contributed by atoms with E-state index in [4.69, 9.17) is 20.9 Å². The van der Waals surface area contributed by atoms with Crippen LogP contribution in [0.3, 0.4) is 0 Å². The Balaban J connectivity index is 1.23. The largest absolute Gasteiger partial charge is 0.508 e. The number of phenols is 1. The number of terminal acetylenes is 1. The molecular formula is C38H37F3N6O3. The lowest BCUT2D eigenvalue weighted by Crippen LogP contribution is -2.61. The number of halogens is 3. The van der Waals surface area contributed by atoms with E-state index < -0.39 is 17.2 Å². The van der Waals surface area contributed by atoms with Gasteiger partial charge in [-0.05, 0) is 86.6 Å². The third-order valence-electron chi connectivity index (χ3n) is 11.7. The quantitative estimate of drug-likeness (QED) is 0.227. The van der Waals surface area contributed by atoms with Gasteiger partial charge in [0.15, 0.2) is 5.82 Å². The smallest absolute Gasteiger partial charge is 0.319 e. The molecule has 50 heavy (non-hydrogen) atoms. The van der Waals surface area contributed by atoms with Crippen LogP contribution in [-0.2, 0) is 0 Å². The van der Waals surface area contributed by atoms with Crippen LogP contribution in [0.4, 0.5) is 19.0 Å². The molecule has 1 aliphatic carbocycles. The number of aromatic nitrogens is 3. The monoisotopic (exact) mass is 682 g/mol. The highest BCUT2D eigenvalue weighted by Crippen LogP contribution is 2.50. The highest BCUT2D eigenvalue weighted by Gasteiger charge is 2.53. The summed E-state index contributed by atoms with van der Waals surface area (Å²) in [5.74, 6) is 1.86. The first-order chi connectivity index (χ1) is 24.2. The van der Waals surface area contributed by atoms with Crippen molar-refractivity contribution in [3.8, 4) is 41.2 Å². The number of fused-ring (bicyclic) bond motifs is 5. The topological polar surface area (TPSA) is 95.9 Å². The molecule has 2 N–H and O–H groups in total. The van der Waals surface area contributed by atoms with Gasteiger partial charge in [0.05, 0.1) is 24.5 Å². The van der Waals surface area contributed by atoms with E-state index in [1.54, 1.807) is 0 Å². The number of pyridine rings is 1. The molecule has 2 aromatic heterocycles. The van der Waals surface area contributed by atoms with Gasteiger partial charge in [0.25, 0.3) is 0 Å². The second kappa shape index (κ2) is 11.5. The molecule has 6 heterocycles. The van der Waals surface area contributed by atoms with E-state index >= 15 is 8.78 Å². The van der Waals surface area contributed by atoms with Crippen LogP contribution in [0.1, 0.15) is 50.5 Å². The predicted octanol–water partition coefficient (Wildman–Crippen LogP) is 6.01. The number of aromatic hydroxyl groups is 1. The first-order valence-electron chi connectivity index (χ1n) is 17.3. The van der Waals surface area contributed by atoms with Gasteiger partial charge in [-0.25, -0.2) is 18.2 Å². The number of hydrogen-bond donors (Lipinski definition) is 2. The lowest BCUT2D eigenvalue weighted by molar-refractivity contribution is 0.108. The summed E-state index contributed by atoms with van der Waals surface area (Å²) in [4.78, 5) is 18.7. The minimum absolute atomic E-state index is 0.00742. The fraction of sp³-hybridized carbons (Fsp3) is 0.447. The van der Waals surface area contributed by atoms with Crippen molar-refractivity contribution in [2.45, 2.75) is 62.1 Å². The first-order valence-corrected chi connectivity index (χ1v) is 17.3. The molecule has 4 saturated heterocycles. The van der Waals surface area contributed by atoms with Crippen molar-refractivity contribution < 1.29 is 27.8 Å². The van der Waals surface area contributed by atoms with Gasteiger partial charge in [-0.15, -0.1) is 6.42 Å². The molecule has 2 aromatic carbocycles. The molecule has 0 spiro atoms. The van der Waals surface area contributed by atoms with Crippen molar-refractivity contribution in [2.24, 2.45) is 5.92 Å². The van der Waals surface area contributed by atoms with Gasteiger partial charge in [-0.1, -0.05) is 12.0 Å². The van der Waals surface area contributed by atoms with Gasteiger partial charge in [-0.3, -0.25) is 4.90 Å². The molecule has 9 rings (SSSR count). The van der Waals surface area contributed by atoms with Crippen LogP contribution in [0.25, 0.3) is 32.9 Å². The minimum Gasteiger partial charge on any atom is -0.508 e. The molecule has 9 nitrogen and oxygen atoms in total. The maximum Gasteiger partial charge on any atom is 0.319 e. The number of ether oxygens (including phenoxy) is 2. The number of phenolic OH excluding ortho intramolecular Hbond substituents is 1. The SMILES string of the molecule is C#Cc1c(F)ccc2cc(O)cc(-c3nc(OC)c4c(N5CC6CCC(C7CC7)(C5)N6)nc(OC[C@@]56CCCN5C/C(=C\F)C6)nc4c3F)c12. The maximum absolute atomic E-state index is 17.2. The van der Waals surface area contributed by atoms with Crippen molar-refractivity contribution in [1.29, 1.82) is 0 Å². The Bertz CT molecular complexity index is 2150. The Labute approximate surface area is 287 Å². The number of methoxy groups -OCH3 is 1. The summed E-state index contributed by atoms with van der Waals surface area (Å²) in [6, 6.07) is 5.68. The van der Waals surface area contributed by atoms with Gasteiger partial charge in [0.2, 0.25) is 5.88 Å². The Morgan fingerprint density at radius 1 is 1.14 bits per heavy atom. The van der Waals surface area contributed by atoms with Crippen LogP contribution >= 0.6 is 0 Å². The molecule has 4 aliphatic heterocycles. The second-order valence-corrected chi connectivity index (χ2v) is 14.7. The van der Waals surface area contributed by atoms with Crippen molar-refractivity contribution in [3.05, 3.63) is 53.4 Å². The molecule has 0 radical (unpaired) electrons. The molecule has 2 unspecified atom stereocenters. The van der Waals surface area contributed by atoms with E-state index in [-0.39, 0.29) is 63.6 Å². The van der Waals surface area contributed by atoms with Crippen LogP contribution < -0.4 is 19.7 Å². The van der Waals surface area contributed by atoms with E-state index in [1.165, 1.54) is 44.2 Å². The Hall–Kier alpha value is -4.60. The number of anilines is 1. The summed E-state index contributed by atoms with van der Waals surface area (Å²) in [5, 5.41) is 15.5. The molecule has 1 saturated carbocycles. The number of piperazine rings is 1. The van der Waals surface area contributed by atoms with Crippen LogP contribution in [0.15, 0.2) is 36.2 Å². The minimum atomic E-state index is -0.812. The van der Waals surface area contributed by atoms with Crippen molar-refractivity contribution in [2.75, 3.05) is 44.8 Å². The van der Waals surface area contributed by atoms with Crippen molar-refractivity contribution >= 4 is 27.5 Å². The Morgan fingerprint density at radius 3 is 2.78 bits per heavy atom.